The minimum Gasteiger partial charge on any atom is -0.292 e. The number of hydrazine groups is 1. The number of nitrogens with two attached hydrogens (primary N) is 1. The summed E-state index contributed by atoms with van der Waals surface area (Å²) in [7, 11) is -3.56. The van der Waals surface area contributed by atoms with Crippen LogP contribution in [0.2, 0.25) is 0 Å². The van der Waals surface area contributed by atoms with Crippen molar-refractivity contribution in [2.24, 2.45) is 11.3 Å². The Bertz CT molecular complexity index is 541. The summed E-state index contributed by atoms with van der Waals surface area (Å²) in [6, 6.07) is -0.0210. The van der Waals surface area contributed by atoms with Gasteiger partial charge in [-0.25, -0.2) is 29.0 Å². The third-order valence-electron chi connectivity index (χ3n) is 3.36. The number of hydrogen-bond acceptors (Lipinski definition) is 6. The molecule has 1 fully saturated rings. The maximum Gasteiger partial charge on any atom is 0.243 e. The quantitative estimate of drug-likeness (QED) is 0.552. The van der Waals surface area contributed by atoms with Gasteiger partial charge in [-0.15, -0.1) is 0 Å². The first-order chi connectivity index (χ1) is 8.82. The normalized spacial score (nSPS) is 22.4. The largest absolute Gasteiger partial charge is 0.292 e. The Morgan fingerprint density at radius 3 is 2.47 bits per heavy atom. The number of nitrogens with one attached hydrogen (secondary N) is 2. The lowest BCUT2D eigenvalue weighted by Gasteiger charge is -2.17. The van der Waals surface area contributed by atoms with Gasteiger partial charge in [0.2, 0.25) is 16.0 Å². The van der Waals surface area contributed by atoms with E-state index in [9.17, 15) is 8.42 Å². The van der Waals surface area contributed by atoms with Crippen molar-refractivity contribution in [2.45, 2.75) is 44.0 Å². The van der Waals surface area contributed by atoms with Crippen LogP contribution in [-0.2, 0) is 10.0 Å². The Kier molecular flexibility index (Phi) is 3.75. The Labute approximate surface area is 113 Å². The average molecular weight is 285 g/mol. The molecule has 0 radical (unpaired) electrons. The number of nitrogens with zero attached hydrogens (tertiary/aromatic N) is 2. The lowest BCUT2D eigenvalue weighted by Crippen LogP contribution is -2.33. The van der Waals surface area contributed by atoms with Gasteiger partial charge in [0.25, 0.3) is 0 Å². The van der Waals surface area contributed by atoms with Crippen LogP contribution in [0.1, 0.15) is 33.1 Å². The van der Waals surface area contributed by atoms with Crippen molar-refractivity contribution in [1.82, 2.24) is 14.7 Å². The molecular weight excluding hydrogens is 266 g/mol. The van der Waals surface area contributed by atoms with Gasteiger partial charge >= 0.3 is 0 Å². The monoisotopic (exact) mass is 285 g/mol. The first kappa shape index (κ1) is 14.2. The molecule has 19 heavy (non-hydrogen) atoms. The summed E-state index contributed by atoms with van der Waals surface area (Å²) in [5.74, 6) is 5.31. The maximum absolute atomic E-state index is 12.2. The molecule has 0 aliphatic heterocycles. The molecule has 106 valence electrons. The highest BCUT2D eigenvalue weighted by atomic mass is 32.2. The summed E-state index contributed by atoms with van der Waals surface area (Å²) in [4.78, 5) is 7.65. The minimum atomic E-state index is -3.56. The van der Waals surface area contributed by atoms with Crippen molar-refractivity contribution in [2.75, 3.05) is 5.43 Å². The summed E-state index contributed by atoms with van der Waals surface area (Å²) in [6.07, 6.45) is 5.20. The topological polar surface area (TPSA) is 110 Å². The molecule has 1 aliphatic carbocycles. The van der Waals surface area contributed by atoms with Crippen LogP contribution >= 0.6 is 0 Å². The molecule has 1 heterocycles. The van der Waals surface area contributed by atoms with Crippen molar-refractivity contribution in [1.29, 1.82) is 0 Å². The Morgan fingerprint density at radius 1 is 1.37 bits per heavy atom. The van der Waals surface area contributed by atoms with Crippen LogP contribution in [-0.4, -0.2) is 24.4 Å². The fourth-order valence-electron chi connectivity index (χ4n) is 2.35. The summed E-state index contributed by atoms with van der Waals surface area (Å²) in [6.45, 7) is 4.29. The first-order valence-electron chi connectivity index (χ1n) is 6.13. The molecule has 0 saturated heterocycles. The van der Waals surface area contributed by atoms with Crippen LogP contribution in [0.15, 0.2) is 17.3 Å². The van der Waals surface area contributed by atoms with E-state index in [0.717, 1.165) is 19.3 Å². The molecule has 7 nitrogen and oxygen atoms in total. The molecule has 1 unspecified atom stereocenters. The molecule has 1 saturated carbocycles. The highest BCUT2D eigenvalue weighted by molar-refractivity contribution is 7.89. The standard InChI is InChI=1S/C11H19N5O2S/c1-11(2)4-3-8(5-11)16-19(17,18)9-6-13-10(15-12)14-7-9/h6-8,16H,3-5,12H2,1-2H3,(H,13,14,15). The van der Waals surface area contributed by atoms with Gasteiger partial charge in [-0.1, -0.05) is 13.8 Å². The van der Waals surface area contributed by atoms with Crippen molar-refractivity contribution < 1.29 is 8.42 Å². The average Bonchev–Trinajstić information content (AvgIpc) is 2.68. The van der Waals surface area contributed by atoms with Gasteiger partial charge in [0.1, 0.15) is 4.90 Å². The van der Waals surface area contributed by atoms with Gasteiger partial charge in [-0.2, -0.15) is 0 Å². The zero-order valence-electron chi connectivity index (χ0n) is 11.0. The molecular formula is C11H19N5O2S. The van der Waals surface area contributed by atoms with Crippen LogP contribution < -0.4 is 16.0 Å². The fourth-order valence-corrected chi connectivity index (χ4v) is 3.51. The van der Waals surface area contributed by atoms with Crippen LogP contribution in [0.5, 0.6) is 0 Å². The molecule has 0 amide bonds. The minimum absolute atomic E-state index is 0.0210. The van der Waals surface area contributed by atoms with Crippen LogP contribution in [0.4, 0.5) is 5.95 Å². The first-order valence-corrected chi connectivity index (χ1v) is 7.62. The number of hydrogen-bond donors (Lipinski definition) is 3. The zero-order valence-corrected chi connectivity index (χ0v) is 11.9. The predicted octanol–water partition coefficient (Wildman–Crippen LogP) is 0.619. The molecule has 1 aromatic heterocycles. The highest BCUT2D eigenvalue weighted by Gasteiger charge is 2.33. The molecule has 1 aliphatic rings. The highest BCUT2D eigenvalue weighted by Crippen LogP contribution is 2.37. The second-order valence-corrected chi connectivity index (χ2v) is 7.33. The van der Waals surface area contributed by atoms with Gasteiger partial charge in [0.05, 0.1) is 12.4 Å². The third-order valence-corrected chi connectivity index (χ3v) is 4.83. The van der Waals surface area contributed by atoms with E-state index >= 15 is 0 Å². The second kappa shape index (κ2) is 5.03. The number of sulfonamides is 1. The number of rotatable bonds is 4. The van der Waals surface area contributed by atoms with E-state index in [1.165, 1.54) is 12.4 Å². The van der Waals surface area contributed by atoms with Crippen molar-refractivity contribution in [3.05, 3.63) is 12.4 Å². The molecule has 1 atom stereocenters. The molecule has 2 rings (SSSR count). The van der Waals surface area contributed by atoms with E-state index < -0.39 is 10.0 Å². The van der Waals surface area contributed by atoms with Crippen LogP contribution in [0.3, 0.4) is 0 Å². The number of nitrogen functional groups attached to an aromatic ring is 1. The van der Waals surface area contributed by atoms with E-state index in [1.807, 2.05) is 0 Å². The van der Waals surface area contributed by atoms with Gasteiger partial charge < -0.3 is 0 Å². The van der Waals surface area contributed by atoms with Crippen molar-refractivity contribution in [3.63, 3.8) is 0 Å². The van der Waals surface area contributed by atoms with E-state index in [-0.39, 0.29) is 22.3 Å². The summed E-state index contributed by atoms with van der Waals surface area (Å²) in [5.41, 5.74) is 2.44. The Morgan fingerprint density at radius 2 is 2.00 bits per heavy atom. The molecule has 8 heteroatoms. The SMILES string of the molecule is CC1(C)CCC(NS(=O)(=O)c2cnc(NN)nc2)C1. The Hall–Kier alpha value is -1.25. The molecule has 4 N–H and O–H groups in total. The van der Waals surface area contributed by atoms with Crippen molar-refractivity contribution >= 4 is 16.0 Å². The predicted molar refractivity (Wildman–Crippen MR) is 71.6 cm³/mol. The summed E-state index contributed by atoms with van der Waals surface area (Å²) < 4.78 is 27.0. The number of anilines is 1. The van der Waals surface area contributed by atoms with Crippen LogP contribution in [0.25, 0.3) is 0 Å². The number of aromatic nitrogens is 2. The molecule has 0 aromatic carbocycles. The zero-order chi connectivity index (χ0) is 14.1. The maximum atomic E-state index is 12.2. The molecule has 1 aromatic rings. The van der Waals surface area contributed by atoms with Gasteiger partial charge in [-0.3, -0.25) is 5.43 Å². The van der Waals surface area contributed by atoms with E-state index in [2.05, 4.69) is 34.0 Å². The molecule has 0 bridgehead atoms. The summed E-state index contributed by atoms with van der Waals surface area (Å²) >= 11 is 0. The van der Waals surface area contributed by atoms with E-state index in [1.54, 1.807) is 0 Å². The fraction of sp³-hybridized carbons (Fsp3) is 0.636. The lowest BCUT2D eigenvalue weighted by molar-refractivity contribution is 0.372. The van der Waals surface area contributed by atoms with E-state index in [4.69, 9.17) is 5.84 Å². The third kappa shape index (κ3) is 3.40. The van der Waals surface area contributed by atoms with Crippen LogP contribution in [0, 0.1) is 5.41 Å². The second-order valence-electron chi connectivity index (χ2n) is 5.61. The lowest BCUT2D eigenvalue weighted by atomic mass is 9.92. The van der Waals surface area contributed by atoms with Gasteiger partial charge in [0, 0.05) is 6.04 Å². The smallest absolute Gasteiger partial charge is 0.243 e. The molecule has 0 spiro atoms. The van der Waals surface area contributed by atoms with Crippen molar-refractivity contribution in [3.8, 4) is 0 Å². The van der Waals surface area contributed by atoms with Gasteiger partial charge in [0.15, 0.2) is 0 Å². The summed E-state index contributed by atoms with van der Waals surface area (Å²) in [5, 5.41) is 0. The van der Waals surface area contributed by atoms with E-state index in [0.29, 0.717) is 0 Å². The van der Waals surface area contributed by atoms with Gasteiger partial charge in [-0.05, 0) is 24.7 Å². The Balaban J connectivity index is 2.10.